The van der Waals surface area contributed by atoms with Gasteiger partial charge in [-0.2, -0.15) is 0 Å². The van der Waals surface area contributed by atoms with Crippen LogP contribution in [0.25, 0.3) is 11.4 Å². The number of aromatic nitrogens is 4. The van der Waals surface area contributed by atoms with Gasteiger partial charge in [0.1, 0.15) is 23.7 Å². The van der Waals surface area contributed by atoms with Gasteiger partial charge in [-0.3, -0.25) is 0 Å². The fourth-order valence-corrected chi connectivity index (χ4v) is 4.78. The summed E-state index contributed by atoms with van der Waals surface area (Å²) in [5.74, 6) is 0.822. The van der Waals surface area contributed by atoms with Gasteiger partial charge in [-0.15, -0.1) is 5.10 Å². The minimum Gasteiger partial charge on any atom is -0.489 e. The molecule has 1 amide bonds. The van der Waals surface area contributed by atoms with Crippen LogP contribution < -0.4 is 4.74 Å². The quantitative estimate of drug-likeness (QED) is 0.649. The summed E-state index contributed by atoms with van der Waals surface area (Å²) in [6, 6.07) is 4.11. The molecular formula is C24H35N5O3. The standard InChI is InChI=1S/C24H35N5O3/c1-16-21(32-18-9-7-6-8-10-18)12-11-19(25-16)22-20(29(5)27-26-22)15-31-23(30)28(4)17-13-24(2,3)14-17/h11-12,17-18H,6-10,13-15H2,1-5H3. The van der Waals surface area contributed by atoms with Crippen LogP contribution in [0.4, 0.5) is 4.79 Å². The van der Waals surface area contributed by atoms with E-state index in [-0.39, 0.29) is 24.8 Å². The van der Waals surface area contributed by atoms with Gasteiger partial charge in [0.2, 0.25) is 0 Å². The largest absolute Gasteiger partial charge is 0.489 e. The highest BCUT2D eigenvalue weighted by Crippen LogP contribution is 2.42. The summed E-state index contributed by atoms with van der Waals surface area (Å²) in [7, 11) is 3.60. The molecule has 0 aliphatic heterocycles. The molecule has 0 aromatic carbocycles. The summed E-state index contributed by atoms with van der Waals surface area (Å²) in [4.78, 5) is 19.0. The van der Waals surface area contributed by atoms with E-state index in [1.54, 1.807) is 23.7 Å². The maximum atomic E-state index is 12.6. The first-order chi connectivity index (χ1) is 15.2. The highest BCUT2D eigenvalue weighted by Gasteiger charge is 2.40. The van der Waals surface area contributed by atoms with Crippen molar-refractivity contribution in [2.75, 3.05) is 7.05 Å². The molecule has 2 aliphatic carbocycles. The van der Waals surface area contributed by atoms with Crippen LogP contribution in [0.1, 0.15) is 70.2 Å². The van der Waals surface area contributed by atoms with Crippen LogP contribution in [0.3, 0.4) is 0 Å². The number of carbonyl (C=O) groups is 1. The number of rotatable bonds is 6. The zero-order valence-corrected chi connectivity index (χ0v) is 19.9. The highest BCUT2D eigenvalue weighted by molar-refractivity contribution is 5.68. The van der Waals surface area contributed by atoms with Crippen LogP contribution in [0, 0.1) is 12.3 Å². The van der Waals surface area contributed by atoms with Crippen molar-refractivity contribution in [3.8, 4) is 17.1 Å². The summed E-state index contributed by atoms with van der Waals surface area (Å²) in [6.45, 7) is 6.49. The fraction of sp³-hybridized carbons (Fsp3) is 0.667. The first kappa shape index (κ1) is 22.6. The van der Waals surface area contributed by atoms with Gasteiger partial charge >= 0.3 is 6.09 Å². The van der Waals surface area contributed by atoms with E-state index in [0.717, 1.165) is 37.1 Å². The van der Waals surface area contributed by atoms with Crippen LogP contribution >= 0.6 is 0 Å². The molecule has 174 valence electrons. The summed E-state index contributed by atoms with van der Waals surface area (Å²) in [5.41, 5.74) is 3.17. The lowest BCUT2D eigenvalue weighted by atomic mass is 9.68. The second-order valence-electron chi connectivity index (χ2n) is 10.1. The number of hydrogen-bond acceptors (Lipinski definition) is 6. The van der Waals surface area contributed by atoms with Gasteiger partial charge in [0.05, 0.1) is 17.5 Å². The Kier molecular flexibility index (Phi) is 6.40. The lowest BCUT2D eigenvalue weighted by molar-refractivity contribution is 0.0259. The van der Waals surface area contributed by atoms with E-state index in [4.69, 9.17) is 14.5 Å². The van der Waals surface area contributed by atoms with E-state index in [1.165, 1.54) is 19.3 Å². The van der Waals surface area contributed by atoms with Gasteiger partial charge in [0.25, 0.3) is 0 Å². The van der Waals surface area contributed by atoms with Crippen LogP contribution in [0.5, 0.6) is 5.75 Å². The van der Waals surface area contributed by atoms with Crippen LogP contribution in [0.15, 0.2) is 12.1 Å². The summed E-state index contributed by atoms with van der Waals surface area (Å²) in [6.07, 6.45) is 7.91. The second-order valence-corrected chi connectivity index (χ2v) is 10.1. The molecule has 0 bridgehead atoms. The lowest BCUT2D eigenvalue weighted by Crippen LogP contribution is -2.49. The van der Waals surface area contributed by atoms with E-state index in [0.29, 0.717) is 22.5 Å². The molecule has 2 saturated carbocycles. The van der Waals surface area contributed by atoms with Gasteiger partial charge in [-0.25, -0.2) is 14.5 Å². The Morgan fingerprint density at radius 1 is 1.22 bits per heavy atom. The molecule has 2 aromatic rings. The predicted molar refractivity (Wildman–Crippen MR) is 121 cm³/mol. The number of hydrogen-bond donors (Lipinski definition) is 0. The highest BCUT2D eigenvalue weighted by atomic mass is 16.6. The Labute approximate surface area is 190 Å². The topological polar surface area (TPSA) is 82.4 Å². The lowest BCUT2D eigenvalue weighted by Gasteiger charge is -2.46. The molecule has 32 heavy (non-hydrogen) atoms. The average Bonchev–Trinajstić information content (AvgIpc) is 3.12. The van der Waals surface area contributed by atoms with Gasteiger partial charge in [-0.1, -0.05) is 25.5 Å². The van der Waals surface area contributed by atoms with Crippen molar-refractivity contribution in [3.63, 3.8) is 0 Å². The molecular weight excluding hydrogens is 406 g/mol. The Morgan fingerprint density at radius 3 is 2.59 bits per heavy atom. The number of amides is 1. The first-order valence-corrected chi connectivity index (χ1v) is 11.7. The second kappa shape index (κ2) is 9.08. The van der Waals surface area contributed by atoms with E-state index in [1.807, 2.05) is 19.1 Å². The van der Waals surface area contributed by atoms with Crippen molar-refractivity contribution in [3.05, 3.63) is 23.5 Å². The molecule has 0 unspecified atom stereocenters. The summed E-state index contributed by atoms with van der Waals surface area (Å²) >= 11 is 0. The number of carbonyl (C=O) groups excluding carboxylic acids is 1. The van der Waals surface area contributed by atoms with Gasteiger partial charge in [-0.05, 0) is 63.0 Å². The van der Waals surface area contributed by atoms with Gasteiger partial charge in [0.15, 0.2) is 0 Å². The maximum Gasteiger partial charge on any atom is 0.410 e. The van der Waals surface area contributed by atoms with Crippen molar-refractivity contribution in [1.82, 2.24) is 24.9 Å². The monoisotopic (exact) mass is 441 g/mol. The molecule has 4 rings (SSSR count). The molecule has 2 aromatic heterocycles. The number of ether oxygens (including phenoxy) is 2. The molecule has 0 radical (unpaired) electrons. The Hall–Kier alpha value is -2.64. The van der Waals surface area contributed by atoms with E-state index >= 15 is 0 Å². The number of nitrogens with zero attached hydrogens (tertiary/aromatic N) is 5. The number of aryl methyl sites for hydroxylation is 2. The van der Waals surface area contributed by atoms with Crippen LogP contribution in [0.2, 0.25) is 0 Å². The van der Waals surface area contributed by atoms with E-state index in [2.05, 4.69) is 24.2 Å². The molecule has 8 nitrogen and oxygen atoms in total. The van der Waals surface area contributed by atoms with Gasteiger partial charge < -0.3 is 14.4 Å². The van der Waals surface area contributed by atoms with Gasteiger partial charge in [0, 0.05) is 20.1 Å². The average molecular weight is 442 g/mol. The zero-order valence-electron chi connectivity index (χ0n) is 19.9. The third-order valence-electron chi connectivity index (χ3n) is 6.81. The summed E-state index contributed by atoms with van der Waals surface area (Å²) in [5, 5.41) is 8.41. The molecule has 2 fully saturated rings. The Morgan fingerprint density at radius 2 is 1.94 bits per heavy atom. The Bertz CT molecular complexity index is 957. The van der Waals surface area contributed by atoms with Crippen molar-refractivity contribution in [2.45, 2.75) is 84.5 Å². The third-order valence-corrected chi connectivity index (χ3v) is 6.81. The van der Waals surface area contributed by atoms with Crippen molar-refractivity contribution >= 4 is 6.09 Å². The normalized spacial score (nSPS) is 18.8. The maximum absolute atomic E-state index is 12.6. The minimum atomic E-state index is -0.321. The van der Waals surface area contributed by atoms with Crippen molar-refractivity contribution in [2.24, 2.45) is 12.5 Å². The fourth-order valence-electron chi connectivity index (χ4n) is 4.78. The van der Waals surface area contributed by atoms with Crippen LogP contribution in [-0.4, -0.2) is 50.2 Å². The van der Waals surface area contributed by atoms with Crippen molar-refractivity contribution < 1.29 is 14.3 Å². The summed E-state index contributed by atoms with van der Waals surface area (Å²) < 4.78 is 13.4. The zero-order chi connectivity index (χ0) is 22.9. The minimum absolute atomic E-state index is 0.0964. The third kappa shape index (κ3) is 4.89. The molecule has 0 spiro atoms. The van der Waals surface area contributed by atoms with E-state index < -0.39 is 0 Å². The molecule has 0 atom stereocenters. The first-order valence-electron chi connectivity index (χ1n) is 11.7. The number of pyridine rings is 1. The molecule has 0 saturated heterocycles. The smallest absolute Gasteiger partial charge is 0.410 e. The molecule has 8 heteroatoms. The molecule has 2 heterocycles. The van der Waals surface area contributed by atoms with E-state index in [9.17, 15) is 4.79 Å². The molecule has 2 aliphatic rings. The van der Waals surface area contributed by atoms with Crippen molar-refractivity contribution in [1.29, 1.82) is 0 Å². The SMILES string of the molecule is Cc1nc(-c2nnn(C)c2COC(=O)N(C)C2CC(C)(C)C2)ccc1OC1CCCCC1. The predicted octanol–water partition coefficient (Wildman–Crippen LogP) is 4.65. The molecule has 0 N–H and O–H groups in total. The van der Waals surface area contributed by atoms with Crippen LogP contribution in [-0.2, 0) is 18.4 Å². The Balaban J connectivity index is 1.42.